The van der Waals surface area contributed by atoms with Crippen molar-refractivity contribution < 1.29 is 18.0 Å². The molecule has 26 heavy (non-hydrogen) atoms. The number of likely N-dealkylation sites (N-methyl/N-ethyl adjacent to an activating group) is 1. The zero-order valence-electron chi connectivity index (χ0n) is 14.6. The minimum absolute atomic E-state index is 0.0617. The summed E-state index contributed by atoms with van der Waals surface area (Å²) in [6, 6.07) is 11.2. The summed E-state index contributed by atoms with van der Waals surface area (Å²) in [5.41, 5.74) is 1.77. The number of aryl methyl sites for hydroxylation is 1. The number of nitrogens with one attached hydrogen (secondary N) is 1. The maximum atomic E-state index is 12.5. The molecular weight excluding hydrogens is 420 g/mol. The van der Waals surface area contributed by atoms with Crippen molar-refractivity contribution in [3.8, 4) is 0 Å². The number of anilines is 1. The van der Waals surface area contributed by atoms with Crippen molar-refractivity contribution in [2.75, 3.05) is 25.2 Å². The van der Waals surface area contributed by atoms with Gasteiger partial charge in [-0.15, -0.1) is 0 Å². The molecule has 0 unspecified atom stereocenters. The van der Waals surface area contributed by atoms with E-state index < -0.39 is 15.7 Å². The van der Waals surface area contributed by atoms with Gasteiger partial charge in [0.15, 0.2) is 9.84 Å². The number of benzene rings is 2. The predicted octanol–water partition coefficient (Wildman–Crippen LogP) is 2.87. The highest BCUT2D eigenvalue weighted by molar-refractivity contribution is 9.10. The summed E-state index contributed by atoms with van der Waals surface area (Å²) >= 11 is 3.36. The van der Waals surface area contributed by atoms with E-state index in [-0.39, 0.29) is 22.9 Å². The van der Waals surface area contributed by atoms with Crippen molar-refractivity contribution in [1.82, 2.24) is 4.90 Å². The Balaban J connectivity index is 2.08. The molecule has 6 nitrogen and oxygen atoms in total. The highest BCUT2D eigenvalue weighted by Crippen LogP contribution is 2.20. The van der Waals surface area contributed by atoms with Crippen molar-refractivity contribution in [2.45, 2.75) is 11.8 Å². The number of amides is 2. The second-order valence-corrected chi connectivity index (χ2v) is 8.90. The van der Waals surface area contributed by atoms with Crippen molar-refractivity contribution >= 4 is 43.3 Å². The lowest BCUT2D eigenvalue weighted by Crippen LogP contribution is -2.35. The molecule has 0 saturated carbocycles. The van der Waals surface area contributed by atoms with Gasteiger partial charge < -0.3 is 10.2 Å². The van der Waals surface area contributed by atoms with Crippen molar-refractivity contribution in [2.24, 2.45) is 0 Å². The second kappa shape index (κ2) is 8.01. The quantitative estimate of drug-likeness (QED) is 0.777. The van der Waals surface area contributed by atoms with Crippen LogP contribution in [0.15, 0.2) is 51.8 Å². The van der Waals surface area contributed by atoms with E-state index >= 15 is 0 Å². The molecule has 0 aliphatic heterocycles. The molecule has 8 heteroatoms. The van der Waals surface area contributed by atoms with Gasteiger partial charge in [0.05, 0.1) is 11.4 Å². The van der Waals surface area contributed by atoms with Gasteiger partial charge in [-0.25, -0.2) is 8.42 Å². The van der Waals surface area contributed by atoms with Gasteiger partial charge in [0, 0.05) is 29.0 Å². The number of nitrogens with zero attached hydrogens (tertiary/aromatic N) is 1. The Labute approximate surface area is 161 Å². The number of carbonyl (C=O) groups excluding carboxylic acids is 2. The monoisotopic (exact) mass is 438 g/mol. The van der Waals surface area contributed by atoms with Crippen LogP contribution in [0.2, 0.25) is 0 Å². The molecule has 138 valence electrons. The average Bonchev–Trinajstić information content (AvgIpc) is 2.56. The summed E-state index contributed by atoms with van der Waals surface area (Å²) in [4.78, 5) is 26.0. The molecule has 0 fully saturated rings. The fourth-order valence-corrected chi connectivity index (χ4v) is 3.47. The molecule has 0 saturated heterocycles. The zero-order valence-corrected chi connectivity index (χ0v) is 17.0. The van der Waals surface area contributed by atoms with Gasteiger partial charge in [-0.05, 0) is 48.9 Å². The van der Waals surface area contributed by atoms with E-state index in [1.165, 1.54) is 36.2 Å². The smallest absolute Gasteiger partial charge is 0.254 e. The Morgan fingerprint density at radius 3 is 2.46 bits per heavy atom. The third-order valence-electron chi connectivity index (χ3n) is 3.70. The minimum atomic E-state index is -3.41. The van der Waals surface area contributed by atoms with Crippen LogP contribution < -0.4 is 5.32 Å². The molecule has 2 amide bonds. The van der Waals surface area contributed by atoms with E-state index in [4.69, 9.17) is 0 Å². The first-order valence-electron chi connectivity index (χ1n) is 7.69. The molecule has 0 bridgehead atoms. The van der Waals surface area contributed by atoms with Gasteiger partial charge in [0.1, 0.15) is 0 Å². The first-order valence-corrected chi connectivity index (χ1v) is 10.4. The molecular formula is C18H19BrN2O4S. The number of hydrogen-bond acceptors (Lipinski definition) is 4. The summed E-state index contributed by atoms with van der Waals surface area (Å²) < 4.78 is 24.2. The standard InChI is InChI=1S/C18H19BrN2O4S/c1-12-9-14(19)7-8-16(12)20-17(22)11-21(2)18(23)13-5-4-6-15(10-13)26(3,24)25/h4-10H,11H2,1-3H3,(H,20,22). The summed E-state index contributed by atoms with van der Waals surface area (Å²) in [5, 5.41) is 2.76. The van der Waals surface area contributed by atoms with E-state index in [0.29, 0.717) is 5.69 Å². The van der Waals surface area contributed by atoms with Gasteiger partial charge in [-0.2, -0.15) is 0 Å². The second-order valence-electron chi connectivity index (χ2n) is 5.97. The first-order chi connectivity index (χ1) is 12.1. The van der Waals surface area contributed by atoms with Crippen LogP contribution in [-0.2, 0) is 14.6 Å². The summed E-state index contributed by atoms with van der Waals surface area (Å²) in [5.74, 6) is -0.774. The fraction of sp³-hybridized carbons (Fsp3) is 0.222. The highest BCUT2D eigenvalue weighted by Gasteiger charge is 2.17. The van der Waals surface area contributed by atoms with Crippen LogP contribution in [0.4, 0.5) is 5.69 Å². The maximum Gasteiger partial charge on any atom is 0.254 e. The SMILES string of the molecule is Cc1cc(Br)ccc1NC(=O)CN(C)C(=O)c1cccc(S(C)(=O)=O)c1. The zero-order chi connectivity index (χ0) is 19.5. The van der Waals surface area contributed by atoms with Crippen LogP contribution in [0, 0.1) is 6.92 Å². The molecule has 0 heterocycles. The lowest BCUT2D eigenvalue weighted by Gasteiger charge is -2.18. The van der Waals surface area contributed by atoms with Crippen LogP contribution in [0.5, 0.6) is 0 Å². The Morgan fingerprint density at radius 1 is 1.15 bits per heavy atom. The van der Waals surface area contributed by atoms with Crippen molar-refractivity contribution in [1.29, 1.82) is 0 Å². The van der Waals surface area contributed by atoms with E-state index in [1.54, 1.807) is 6.07 Å². The normalized spacial score (nSPS) is 11.1. The molecule has 1 N–H and O–H groups in total. The molecule has 0 radical (unpaired) electrons. The largest absolute Gasteiger partial charge is 0.332 e. The molecule has 0 atom stereocenters. The number of rotatable bonds is 5. The molecule has 2 aromatic carbocycles. The highest BCUT2D eigenvalue weighted by atomic mass is 79.9. The van der Waals surface area contributed by atoms with Gasteiger partial charge in [-0.3, -0.25) is 9.59 Å². The third-order valence-corrected chi connectivity index (χ3v) is 5.30. The van der Waals surface area contributed by atoms with Crippen LogP contribution in [0.25, 0.3) is 0 Å². The molecule has 0 spiro atoms. The summed E-state index contributed by atoms with van der Waals surface area (Å²) in [6.45, 7) is 1.71. The Bertz CT molecular complexity index is 957. The molecule has 0 aliphatic carbocycles. The van der Waals surface area contributed by atoms with Crippen molar-refractivity contribution in [3.63, 3.8) is 0 Å². The van der Waals surface area contributed by atoms with E-state index in [0.717, 1.165) is 16.3 Å². The first kappa shape index (κ1) is 20.1. The van der Waals surface area contributed by atoms with Crippen LogP contribution in [-0.4, -0.2) is 45.0 Å². The van der Waals surface area contributed by atoms with Crippen molar-refractivity contribution in [3.05, 3.63) is 58.1 Å². The topological polar surface area (TPSA) is 83.6 Å². The lowest BCUT2D eigenvalue weighted by molar-refractivity contribution is -0.116. The number of halogens is 1. The summed E-state index contributed by atoms with van der Waals surface area (Å²) in [6.07, 6.45) is 1.08. The van der Waals surface area contributed by atoms with Gasteiger partial charge in [0.25, 0.3) is 5.91 Å². The van der Waals surface area contributed by atoms with Crippen LogP contribution in [0.3, 0.4) is 0 Å². The third kappa shape index (κ3) is 5.15. The van der Waals surface area contributed by atoms with Gasteiger partial charge >= 0.3 is 0 Å². The average molecular weight is 439 g/mol. The fourth-order valence-electron chi connectivity index (χ4n) is 2.32. The Kier molecular flexibility index (Phi) is 6.20. The van der Waals surface area contributed by atoms with Gasteiger partial charge in [0.2, 0.25) is 5.91 Å². The Hall–Kier alpha value is -2.19. The summed E-state index contributed by atoms with van der Waals surface area (Å²) in [7, 11) is -1.92. The molecule has 0 aliphatic rings. The lowest BCUT2D eigenvalue weighted by atomic mass is 10.2. The maximum absolute atomic E-state index is 12.5. The Morgan fingerprint density at radius 2 is 1.85 bits per heavy atom. The van der Waals surface area contributed by atoms with E-state index in [2.05, 4.69) is 21.2 Å². The number of hydrogen-bond donors (Lipinski definition) is 1. The van der Waals surface area contributed by atoms with Crippen LogP contribution in [0.1, 0.15) is 15.9 Å². The van der Waals surface area contributed by atoms with E-state index in [9.17, 15) is 18.0 Å². The minimum Gasteiger partial charge on any atom is -0.332 e. The van der Waals surface area contributed by atoms with E-state index in [1.807, 2.05) is 19.1 Å². The molecule has 2 aromatic rings. The van der Waals surface area contributed by atoms with Gasteiger partial charge in [-0.1, -0.05) is 22.0 Å². The predicted molar refractivity (Wildman–Crippen MR) is 104 cm³/mol. The number of sulfone groups is 1. The molecule has 2 rings (SSSR count). The molecule has 0 aromatic heterocycles. The van der Waals surface area contributed by atoms with Crippen LogP contribution >= 0.6 is 15.9 Å². The number of carbonyl (C=O) groups is 2.